The number of anilines is 4. The van der Waals surface area contributed by atoms with Crippen molar-refractivity contribution in [1.29, 1.82) is 0 Å². The zero-order valence-corrected chi connectivity index (χ0v) is 12.9. The van der Waals surface area contributed by atoms with Crippen molar-refractivity contribution in [2.24, 2.45) is 0 Å². The van der Waals surface area contributed by atoms with E-state index >= 15 is 0 Å². The number of nitrogen functional groups attached to an aromatic ring is 1. The smallest absolute Gasteiger partial charge is 0.233 e. The van der Waals surface area contributed by atoms with E-state index in [4.69, 9.17) is 5.73 Å². The monoisotopic (exact) mass is 340 g/mol. The highest BCUT2D eigenvalue weighted by atomic mass is 79.9. The van der Waals surface area contributed by atoms with E-state index in [2.05, 4.69) is 36.2 Å². The molecule has 1 aromatic carbocycles. The summed E-state index contributed by atoms with van der Waals surface area (Å²) in [6.07, 6.45) is 0. The summed E-state index contributed by atoms with van der Waals surface area (Å²) in [4.78, 5) is 14.0. The van der Waals surface area contributed by atoms with Crippen molar-refractivity contribution in [3.05, 3.63) is 28.0 Å². The van der Waals surface area contributed by atoms with Gasteiger partial charge in [-0.05, 0) is 40.5 Å². The Bertz CT molecular complexity index is 646. The number of nitrogens with zero attached hydrogens (tertiary/aromatic N) is 4. The average molecular weight is 341 g/mol. The summed E-state index contributed by atoms with van der Waals surface area (Å²) in [6.45, 7) is 1.79. The first-order chi connectivity index (χ1) is 9.36. The second-order valence-corrected chi connectivity index (χ2v) is 5.27. The topological polar surface area (TPSA) is 80.0 Å². The summed E-state index contributed by atoms with van der Waals surface area (Å²) >= 11 is 3.14. The first-order valence-electron chi connectivity index (χ1n) is 5.78. The molecular weight excluding hydrogens is 327 g/mol. The van der Waals surface area contributed by atoms with Crippen LogP contribution in [0, 0.1) is 12.7 Å². The van der Waals surface area contributed by atoms with Gasteiger partial charge in [-0.1, -0.05) is 0 Å². The molecule has 106 valence electrons. The van der Waals surface area contributed by atoms with Crippen molar-refractivity contribution in [3.63, 3.8) is 0 Å². The summed E-state index contributed by atoms with van der Waals surface area (Å²) in [5.41, 5.74) is 7.07. The van der Waals surface area contributed by atoms with Crippen LogP contribution in [0.1, 0.15) is 5.56 Å². The van der Waals surface area contributed by atoms with E-state index in [1.54, 1.807) is 32.0 Å². The Morgan fingerprint density at radius 1 is 1.25 bits per heavy atom. The van der Waals surface area contributed by atoms with E-state index in [1.807, 2.05) is 0 Å². The average Bonchev–Trinajstić information content (AvgIpc) is 2.35. The molecular formula is C12H14BrFN6. The highest BCUT2D eigenvalue weighted by Crippen LogP contribution is 2.26. The Morgan fingerprint density at radius 2 is 1.95 bits per heavy atom. The van der Waals surface area contributed by atoms with Gasteiger partial charge in [0.15, 0.2) is 0 Å². The minimum atomic E-state index is -0.322. The number of aromatic nitrogens is 3. The molecule has 0 spiro atoms. The molecule has 3 N–H and O–H groups in total. The molecule has 0 saturated carbocycles. The van der Waals surface area contributed by atoms with Crippen molar-refractivity contribution >= 4 is 39.5 Å². The predicted octanol–water partition coefficient (Wildman–Crippen LogP) is 2.47. The van der Waals surface area contributed by atoms with Gasteiger partial charge in [-0.3, -0.25) is 0 Å². The molecule has 0 bridgehead atoms. The number of nitrogens with one attached hydrogen (secondary N) is 1. The molecule has 1 heterocycles. The minimum Gasteiger partial charge on any atom is -0.368 e. The third-order valence-electron chi connectivity index (χ3n) is 2.55. The van der Waals surface area contributed by atoms with Gasteiger partial charge in [0.05, 0.1) is 4.47 Å². The molecule has 2 aromatic rings. The van der Waals surface area contributed by atoms with Gasteiger partial charge in [0.2, 0.25) is 17.8 Å². The van der Waals surface area contributed by atoms with Gasteiger partial charge in [0, 0.05) is 19.8 Å². The Morgan fingerprint density at radius 3 is 2.60 bits per heavy atom. The molecule has 20 heavy (non-hydrogen) atoms. The third kappa shape index (κ3) is 3.13. The number of hydrogen-bond donors (Lipinski definition) is 2. The molecule has 0 saturated heterocycles. The molecule has 0 amide bonds. The molecule has 0 radical (unpaired) electrons. The molecule has 2 rings (SSSR count). The van der Waals surface area contributed by atoms with E-state index in [1.165, 1.54) is 6.07 Å². The molecule has 0 atom stereocenters. The van der Waals surface area contributed by atoms with Crippen LogP contribution in [0.2, 0.25) is 0 Å². The number of aryl methyl sites for hydroxylation is 1. The summed E-state index contributed by atoms with van der Waals surface area (Å²) in [6, 6.07) is 3.05. The van der Waals surface area contributed by atoms with Crippen molar-refractivity contribution in [3.8, 4) is 0 Å². The van der Waals surface area contributed by atoms with Gasteiger partial charge in [-0.2, -0.15) is 15.0 Å². The third-order valence-corrected chi connectivity index (χ3v) is 3.16. The van der Waals surface area contributed by atoms with Crippen LogP contribution < -0.4 is 16.0 Å². The zero-order valence-electron chi connectivity index (χ0n) is 11.3. The van der Waals surface area contributed by atoms with Crippen molar-refractivity contribution < 1.29 is 4.39 Å². The fourth-order valence-corrected chi connectivity index (χ4v) is 1.88. The first-order valence-corrected chi connectivity index (χ1v) is 6.57. The molecule has 0 aliphatic rings. The van der Waals surface area contributed by atoms with Crippen LogP contribution in [0.5, 0.6) is 0 Å². The fourth-order valence-electron chi connectivity index (χ4n) is 1.54. The van der Waals surface area contributed by atoms with E-state index in [0.717, 1.165) is 5.56 Å². The maximum absolute atomic E-state index is 13.4. The molecule has 8 heteroatoms. The van der Waals surface area contributed by atoms with Crippen molar-refractivity contribution in [2.75, 3.05) is 30.0 Å². The number of benzene rings is 1. The highest BCUT2D eigenvalue weighted by Gasteiger charge is 2.09. The summed E-state index contributed by atoms with van der Waals surface area (Å²) < 4.78 is 13.8. The number of hydrogen-bond acceptors (Lipinski definition) is 6. The molecule has 6 nitrogen and oxygen atoms in total. The normalized spacial score (nSPS) is 10.4. The molecule has 0 aliphatic carbocycles. The van der Waals surface area contributed by atoms with Gasteiger partial charge >= 0.3 is 0 Å². The second-order valence-electron chi connectivity index (χ2n) is 4.42. The lowest BCUT2D eigenvalue weighted by Gasteiger charge is -2.13. The van der Waals surface area contributed by atoms with Crippen LogP contribution in [-0.2, 0) is 0 Å². The maximum atomic E-state index is 13.4. The van der Waals surface area contributed by atoms with Gasteiger partial charge in [-0.15, -0.1) is 0 Å². The van der Waals surface area contributed by atoms with Crippen LogP contribution in [0.15, 0.2) is 16.6 Å². The van der Waals surface area contributed by atoms with Crippen LogP contribution in [0.3, 0.4) is 0 Å². The van der Waals surface area contributed by atoms with Crippen LogP contribution in [0.25, 0.3) is 0 Å². The second kappa shape index (κ2) is 5.58. The zero-order chi connectivity index (χ0) is 14.9. The van der Waals surface area contributed by atoms with Gasteiger partial charge in [0.25, 0.3) is 0 Å². The predicted molar refractivity (Wildman–Crippen MR) is 80.7 cm³/mol. The Kier molecular flexibility index (Phi) is 4.03. The first kappa shape index (κ1) is 14.4. The lowest BCUT2D eigenvalue weighted by Crippen LogP contribution is -2.15. The van der Waals surface area contributed by atoms with Crippen molar-refractivity contribution in [2.45, 2.75) is 6.92 Å². The van der Waals surface area contributed by atoms with Crippen LogP contribution in [0.4, 0.5) is 27.9 Å². The minimum absolute atomic E-state index is 0.116. The quantitative estimate of drug-likeness (QED) is 0.893. The molecule has 0 unspecified atom stereocenters. The largest absolute Gasteiger partial charge is 0.368 e. The number of halogens is 2. The number of nitrogens with two attached hydrogens (primary N) is 1. The van der Waals surface area contributed by atoms with E-state index in [9.17, 15) is 4.39 Å². The van der Waals surface area contributed by atoms with E-state index in [-0.39, 0.29) is 11.8 Å². The van der Waals surface area contributed by atoms with Crippen LogP contribution >= 0.6 is 15.9 Å². The Balaban J connectivity index is 2.37. The summed E-state index contributed by atoms with van der Waals surface area (Å²) in [5, 5.41) is 3.01. The summed E-state index contributed by atoms with van der Waals surface area (Å²) in [7, 11) is 3.61. The van der Waals surface area contributed by atoms with E-state index in [0.29, 0.717) is 22.1 Å². The van der Waals surface area contributed by atoms with Crippen LogP contribution in [-0.4, -0.2) is 29.0 Å². The van der Waals surface area contributed by atoms with Gasteiger partial charge in [-0.25, -0.2) is 4.39 Å². The standard InChI is InChI=1S/C12H14BrFN6/c1-6-4-8(14)7(13)5-9(6)16-11-17-10(15)18-12(19-11)20(2)3/h4-5H,1-3H3,(H3,15,16,17,18,19). The Labute approximate surface area is 124 Å². The highest BCUT2D eigenvalue weighted by molar-refractivity contribution is 9.10. The molecule has 1 aromatic heterocycles. The summed E-state index contributed by atoms with van der Waals surface area (Å²) in [5.74, 6) is 0.545. The van der Waals surface area contributed by atoms with E-state index < -0.39 is 0 Å². The van der Waals surface area contributed by atoms with Crippen molar-refractivity contribution in [1.82, 2.24) is 15.0 Å². The SMILES string of the molecule is Cc1cc(F)c(Br)cc1Nc1nc(N)nc(N(C)C)n1. The molecule has 0 aliphatic heterocycles. The Hall–Kier alpha value is -1.96. The maximum Gasteiger partial charge on any atom is 0.233 e. The lowest BCUT2D eigenvalue weighted by molar-refractivity contribution is 0.620. The van der Waals surface area contributed by atoms with Gasteiger partial charge in [0.1, 0.15) is 5.82 Å². The number of rotatable bonds is 3. The lowest BCUT2D eigenvalue weighted by atomic mass is 10.2. The van der Waals surface area contributed by atoms with Gasteiger partial charge < -0.3 is 16.0 Å². The molecule has 0 fully saturated rings. The fraction of sp³-hybridized carbons (Fsp3) is 0.250.